The first-order valence-electron chi connectivity index (χ1n) is 6.53. The molecule has 1 saturated heterocycles. The normalized spacial score (nSPS) is 25.6. The second kappa shape index (κ2) is 4.78. The Kier molecular flexibility index (Phi) is 3.54. The Morgan fingerprint density at radius 3 is 2.76 bits per heavy atom. The quantitative estimate of drug-likeness (QED) is 0.852. The largest absolute Gasteiger partial charge is 0.388 e. The molecule has 0 amide bonds. The van der Waals surface area contributed by atoms with Crippen molar-refractivity contribution < 1.29 is 5.11 Å². The van der Waals surface area contributed by atoms with E-state index in [0.29, 0.717) is 0 Å². The number of rotatable bonds is 4. The van der Waals surface area contributed by atoms with Gasteiger partial charge in [0.2, 0.25) is 0 Å². The number of likely N-dealkylation sites (N-methyl/N-ethyl adjacent to an activating group) is 1. The van der Waals surface area contributed by atoms with Gasteiger partial charge in [-0.3, -0.25) is 4.68 Å². The minimum Gasteiger partial charge on any atom is -0.388 e. The van der Waals surface area contributed by atoms with Crippen LogP contribution in [0.4, 0.5) is 0 Å². The molecule has 2 heterocycles. The molecular formula is C13H23N3O. The summed E-state index contributed by atoms with van der Waals surface area (Å²) in [5.41, 5.74) is 1.73. The average molecular weight is 237 g/mol. The fraction of sp³-hybridized carbons (Fsp3) is 0.769. The van der Waals surface area contributed by atoms with E-state index in [-0.39, 0.29) is 0 Å². The Morgan fingerprint density at radius 2 is 2.24 bits per heavy atom. The van der Waals surface area contributed by atoms with E-state index in [0.717, 1.165) is 44.6 Å². The average Bonchev–Trinajstić information content (AvgIpc) is 2.83. The number of nitrogens with zero attached hydrogens (tertiary/aromatic N) is 3. The summed E-state index contributed by atoms with van der Waals surface area (Å²) in [5.74, 6) is 0. The summed E-state index contributed by atoms with van der Waals surface area (Å²) in [6.45, 7) is 6.84. The van der Waals surface area contributed by atoms with Gasteiger partial charge in [-0.25, -0.2) is 0 Å². The standard InChI is InChI=1S/C13H23N3O/c1-4-11-8-12(16(5-2)14-11)9-13(17)6-7-15(3)10-13/h8,17H,4-7,9-10H2,1-3H3. The summed E-state index contributed by atoms with van der Waals surface area (Å²) in [6.07, 6.45) is 2.54. The van der Waals surface area contributed by atoms with E-state index in [1.165, 1.54) is 5.69 Å². The SMILES string of the molecule is CCc1cc(CC2(O)CCN(C)C2)n(CC)n1. The maximum absolute atomic E-state index is 10.5. The number of likely N-dealkylation sites (tertiary alicyclic amines) is 1. The Morgan fingerprint density at radius 1 is 1.47 bits per heavy atom. The predicted molar refractivity (Wildman–Crippen MR) is 68.0 cm³/mol. The third kappa shape index (κ3) is 2.69. The molecule has 0 aromatic carbocycles. The molecule has 1 aliphatic rings. The molecule has 1 aromatic rings. The van der Waals surface area contributed by atoms with Crippen molar-refractivity contribution in [1.29, 1.82) is 0 Å². The first-order chi connectivity index (χ1) is 8.06. The van der Waals surface area contributed by atoms with E-state index in [9.17, 15) is 5.11 Å². The van der Waals surface area contributed by atoms with Gasteiger partial charge >= 0.3 is 0 Å². The monoisotopic (exact) mass is 237 g/mol. The molecule has 1 fully saturated rings. The summed E-state index contributed by atoms with van der Waals surface area (Å²) < 4.78 is 2.02. The van der Waals surface area contributed by atoms with Crippen molar-refractivity contribution in [3.05, 3.63) is 17.5 Å². The number of hydrogen-bond donors (Lipinski definition) is 1. The van der Waals surface area contributed by atoms with Crippen molar-refractivity contribution in [3.8, 4) is 0 Å². The molecule has 1 aromatic heterocycles. The summed E-state index contributed by atoms with van der Waals surface area (Å²) in [7, 11) is 2.06. The van der Waals surface area contributed by atoms with Crippen LogP contribution in [-0.2, 0) is 19.4 Å². The molecule has 2 rings (SSSR count). The Balaban J connectivity index is 2.14. The van der Waals surface area contributed by atoms with Crippen LogP contribution in [0, 0.1) is 0 Å². The summed E-state index contributed by atoms with van der Waals surface area (Å²) in [4.78, 5) is 2.19. The summed E-state index contributed by atoms with van der Waals surface area (Å²) in [5, 5.41) is 15.1. The van der Waals surface area contributed by atoms with Crippen molar-refractivity contribution in [2.75, 3.05) is 20.1 Å². The molecule has 4 nitrogen and oxygen atoms in total. The van der Waals surface area contributed by atoms with Gasteiger partial charge in [0.25, 0.3) is 0 Å². The van der Waals surface area contributed by atoms with Gasteiger partial charge in [-0.1, -0.05) is 6.92 Å². The van der Waals surface area contributed by atoms with Gasteiger partial charge in [0.05, 0.1) is 11.3 Å². The number of hydrogen-bond acceptors (Lipinski definition) is 3. The molecule has 1 unspecified atom stereocenters. The van der Waals surface area contributed by atoms with Gasteiger partial charge in [-0.2, -0.15) is 5.10 Å². The van der Waals surface area contributed by atoms with Crippen molar-refractivity contribution in [1.82, 2.24) is 14.7 Å². The third-order valence-electron chi connectivity index (χ3n) is 3.61. The van der Waals surface area contributed by atoms with Crippen molar-refractivity contribution in [2.45, 2.75) is 45.3 Å². The first-order valence-corrected chi connectivity index (χ1v) is 6.53. The van der Waals surface area contributed by atoms with E-state index >= 15 is 0 Å². The highest BCUT2D eigenvalue weighted by Gasteiger charge is 2.35. The van der Waals surface area contributed by atoms with E-state index < -0.39 is 5.60 Å². The van der Waals surface area contributed by atoms with Crippen LogP contribution < -0.4 is 0 Å². The fourth-order valence-corrected chi connectivity index (χ4v) is 2.64. The van der Waals surface area contributed by atoms with Crippen LogP contribution in [0.5, 0.6) is 0 Å². The Hall–Kier alpha value is -0.870. The maximum atomic E-state index is 10.5. The highest BCUT2D eigenvalue weighted by Crippen LogP contribution is 2.25. The lowest BCUT2D eigenvalue weighted by Gasteiger charge is -2.22. The van der Waals surface area contributed by atoms with E-state index in [2.05, 4.69) is 37.0 Å². The molecule has 17 heavy (non-hydrogen) atoms. The molecule has 0 saturated carbocycles. The smallest absolute Gasteiger partial charge is 0.0841 e. The second-order valence-electron chi connectivity index (χ2n) is 5.19. The van der Waals surface area contributed by atoms with Crippen LogP contribution in [0.2, 0.25) is 0 Å². The second-order valence-corrected chi connectivity index (χ2v) is 5.19. The topological polar surface area (TPSA) is 41.3 Å². The molecule has 1 aliphatic heterocycles. The molecule has 0 radical (unpaired) electrons. The summed E-state index contributed by atoms with van der Waals surface area (Å²) >= 11 is 0. The van der Waals surface area contributed by atoms with E-state index in [1.54, 1.807) is 0 Å². The number of aromatic nitrogens is 2. The van der Waals surface area contributed by atoms with Gasteiger partial charge < -0.3 is 10.0 Å². The Labute approximate surface area is 103 Å². The first kappa shape index (κ1) is 12.6. The minimum atomic E-state index is -0.563. The zero-order valence-electron chi connectivity index (χ0n) is 11.1. The van der Waals surface area contributed by atoms with Crippen molar-refractivity contribution in [2.24, 2.45) is 0 Å². The number of β-amino-alcohol motifs (C(OH)–C–C–N with tert-alkyl or cyclic N) is 1. The molecule has 0 spiro atoms. The van der Waals surface area contributed by atoms with E-state index in [4.69, 9.17) is 0 Å². The van der Waals surface area contributed by atoms with Crippen LogP contribution >= 0.6 is 0 Å². The van der Waals surface area contributed by atoms with Crippen LogP contribution in [0.1, 0.15) is 31.7 Å². The van der Waals surface area contributed by atoms with Gasteiger partial charge in [0.15, 0.2) is 0 Å². The van der Waals surface area contributed by atoms with Gasteiger partial charge in [-0.05, 0) is 32.9 Å². The van der Waals surface area contributed by atoms with Gasteiger partial charge in [-0.15, -0.1) is 0 Å². The van der Waals surface area contributed by atoms with Crippen LogP contribution in [0.15, 0.2) is 6.07 Å². The highest BCUT2D eigenvalue weighted by atomic mass is 16.3. The van der Waals surface area contributed by atoms with Gasteiger partial charge in [0.1, 0.15) is 0 Å². The lowest BCUT2D eigenvalue weighted by molar-refractivity contribution is 0.0503. The van der Waals surface area contributed by atoms with E-state index in [1.807, 2.05) is 4.68 Å². The third-order valence-corrected chi connectivity index (χ3v) is 3.61. The van der Waals surface area contributed by atoms with Crippen LogP contribution in [0.25, 0.3) is 0 Å². The van der Waals surface area contributed by atoms with Crippen molar-refractivity contribution in [3.63, 3.8) is 0 Å². The molecule has 1 atom stereocenters. The number of aryl methyl sites for hydroxylation is 2. The zero-order chi connectivity index (χ0) is 12.5. The highest BCUT2D eigenvalue weighted by molar-refractivity contribution is 5.14. The zero-order valence-corrected chi connectivity index (χ0v) is 11.1. The minimum absolute atomic E-state index is 0.563. The maximum Gasteiger partial charge on any atom is 0.0841 e. The van der Waals surface area contributed by atoms with Crippen LogP contribution in [-0.4, -0.2) is 45.5 Å². The Bertz CT molecular complexity index is 388. The molecule has 1 N–H and O–H groups in total. The van der Waals surface area contributed by atoms with Crippen LogP contribution in [0.3, 0.4) is 0 Å². The number of aliphatic hydroxyl groups is 1. The molecule has 0 bridgehead atoms. The molecule has 0 aliphatic carbocycles. The predicted octanol–water partition coefficient (Wildman–Crippen LogP) is 1.07. The van der Waals surface area contributed by atoms with Gasteiger partial charge in [0, 0.05) is 31.7 Å². The lowest BCUT2D eigenvalue weighted by Crippen LogP contribution is -2.35. The molecular weight excluding hydrogens is 214 g/mol. The summed E-state index contributed by atoms with van der Waals surface area (Å²) in [6, 6.07) is 2.14. The lowest BCUT2D eigenvalue weighted by atomic mass is 9.96. The molecule has 4 heteroatoms. The van der Waals surface area contributed by atoms with Crippen molar-refractivity contribution >= 4 is 0 Å². The molecule has 96 valence electrons. The fourth-order valence-electron chi connectivity index (χ4n) is 2.64.